The van der Waals surface area contributed by atoms with E-state index >= 15 is 0 Å². The van der Waals surface area contributed by atoms with Crippen molar-refractivity contribution < 1.29 is 9.53 Å². The zero-order chi connectivity index (χ0) is 18.8. The fourth-order valence-electron chi connectivity index (χ4n) is 3.91. The predicted molar refractivity (Wildman–Crippen MR) is 102 cm³/mol. The number of nitrogens with zero attached hydrogens (tertiary/aromatic N) is 4. The number of carbonyl (C=O) groups excluding carboxylic acids is 1. The summed E-state index contributed by atoms with van der Waals surface area (Å²) in [6.45, 7) is 2.64. The number of ether oxygens (including phenoxy) is 1. The first kappa shape index (κ1) is 17.9. The molecule has 2 atom stereocenters. The Hall–Kier alpha value is -2.51. The van der Waals surface area contributed by atoms with Crippen LogP contribution >= 0.6 is 0 Å². The average Bonchev–Trinajstić information content (AvgIpc) is 3.17. The molecule has 142 valence electrons. The van der Waals surface area contributed by atoms with E-state index in [-0.39, 0.29) is 11.9 Å². The number of rotatable bonds is 4. The molecule has 1 amide bonds. The predicted octanol–water partition coefficient (Wildman–Crippen LogP) is 1.41. The van der Waals surface area contributed by atoms with Crippen LogP contribution in [0.4, 0.5) is 5.82 Å². The summed E-state index contributed by atoms with van der Waals surface area (Å²) in [6, 6.07) is 10.0. The fraction of sp³-hybridized carbons (Fsp3) is 0.450. The van der Waals surface area contributed by atoms with Crippen molar-refractivity contribution >= 4 is 11.7 Å². The number of anilines is 1. The molecule has 0 spiro atoms. The summed E-state index contributed by atoms with van der Waals surface area (Å²) in [6.07, 6.45) is 2.99. The fourth-order valence-corrected chi connectivity index (χ4v) is 3.91. The second-order valence-corrected chi connectivity index (χ2v) is 7.24. The standard InChI is InChI=1S/C20H25N5O2/c1-24(13-18-22-9-6-17(21)23-18)15-7-10-25(12-15)20(26)19-16-5-3-2-4-14(16)8-11-27-19/h2-6,9,15,19H,7-8,10-13H2,1H3,(H2,21,22,23)/t15-,19-/m0/s1. The molecule has 7 heteroatoms. The molecule has 0 bridgehead atoms. The van der Waals surface area contributed by atoms with Gasteiger partial charge in [-0.1, -0.05) is 24.3 Å². The number of carbonyl (C=O) groups is 1. The number of likely N-dealkylation sites (tertiary alicyclic amines) is 1. The highest BCUT2D eigenvalue weighted by Crippen LogP contribution is 2.30. The van der Waals surface area contributed by atoms with Crippen LogP contribution in [0.25, 0.3) is 0 Å². The first-order chi connectivity index (χ1) is 13.1. The molecule has 2 aliphatic heterocycles. The maximum Gasteiger partial charge on any atom is 0.256 e. The number of hydrogen-bond donors (Lipinski definition) is 1. The number of benzene rings is 1. The lowest BCUT2D eigenvalue weighted by atomic mass is 9.97. The number of nitrogen functional groups attached to an aromatic ring is 1. The first-order valence-corrected chi connectivity index (χ1v) is 9.37. The van der Waals surface area contributed by atoms with Crippen LogP contribution in [0.2, 0.25) is 0 Å². The van der Waals surface area contributed by atoms with Gasteiger partial charge in [-0.2, -0.15) is 0 Å². The van der Waals surface area contributed by atoms with E-state index in [1.54, 1.807) is 12.3 Å². The van der Waals surface area contributed by atoms with Crippen LogP contribution in [0.15, 0.2) is 36.5 Å². The molecular weight excluding hydrogens is 342 g/mol. The van der Waals surface area contributed by atoms with Gasteiger partial charge in [0.2, 0.25) is 0 Å². The zero-order valence-corrected chi connectivity index (χ0v) is 15.5. The number of nitrogens with two attached hydrogens (primary N) is 1. The maximum absolute atomic E-state index is 13.1. The number of fused-ring (bicyclic) bond motifs is 1. The van der Waals surface area contributed by atoms with E-state index < -0.39 is 6.10 Å². The molecular formula is C20H25N5O2. The second-order valence-electron chi connectivity index (χ2n) is 7.24. The van der Waals surface area contributed by atoms with Gasteiger partial charge in [0.15, 0.2) is 6.10 Å². The van der Waals surface area contributed by atoms with E-state index in [1.807, 2.05) is 30.1 Å². The van der Waals surface area contributed by atoms with E-state index in [9.17, 15) is 4.79 Å². The van der Waals surface area contributed by atoms with Gasteiger partial charge in [0.1, 0.15) is 11.6 Å². The number of amides is 1. The van der Waals surface area contributed by atoms with Gasteiger partial charge in [-0.25, -0.2) is 9.97 Å². The van der Waals surface area contributed by atoms with Crippen molar-refractivity contribution in [1.29, 1.82) is 0 Å². The molecule has 4 rings (SSSR count). The van der Waals surface area contributed by atoms with Crippen molar-refractivity contribution in [2.75, 3.05) is 32.5 Å². The molecule has 2 aliphatic rings. The third kappa shape index (κ3) is 3.79. The quantitative estimate of drug-likeness (QED) is 0.879. The summed E-state index contributed by atoms with van der Waals surface area (Å²) in [4.78, 5) is 25.7. The summed E-state index contributed by atoms with van der Waals surface area (Å²) in [7, 11) is 2.04. The van der Waals surface area contributed by atoms with Crippen LogP contribution in [0.3, 0.4) is 0 Å². The molecule has 0 saturated carbocycles. The minimum atomic E-state index is -0.476. The third-order valence-electron chi connectivity index (χ3n) is 5.43. The molecule has 0 unspecified atom stereocenters. The number of aromatic nitrogens is 2. The van der Waals surface area contributed by atoms with E-state index in [0.29, 0.717) is 31.3 Å². The molecule has 1 aromatic carbocycles. The van der Waals surface area contributed by atoms with Crippen LogP contribution in [-0.4, -0.2) is 58.5 Å². The topological polar surface area (TPSA) is 84.6 Å². The van der Waals surface area contributed by atoms with Crippen LogP contribution < -0.4 is 5.73 Å². The Bertz CT molecular complexity index is 828. The normalized spacial score (nSPS) is 22.1. The Labute approximate surface area is 159 Å². The van der Waals surface area contributed by atoms with Gasteiger partial charge in [-0.3, -0.25) is 9.69 Å². The Morgan fingerprint density at radius 3 is 3.07 bits per heavy atom. The first-order valence-electron chi connectivity index (χ1n) is 9.37. The van der Waals surface area contributed by atoms with Crippen molar-refractivity contribution in [3.05, 3.63) is 53.5 Å². The van der Waals surface area contributed by atoms with Gasteiger partial charge in [0.05, 0.1) is 13.2 Å². The summed E-state index contributed by atoms with van der Waals surface area (Å²) in [5, 5.41) is 0. The molecule has 1 aromatic heterocycles. The van der Waals surface area contributed by atoms with Gasteiger partial charge in [0.25, 0.3) is 5.91 Å². The highest BCUT2D eigenvalue weighted by molar-refractivity contribution is 5.83. The van der Waals surface area contributed by atoms with Crippen molar-refractivity contribution in [2.45, 2.75) is 31.5 Å². The van der Waals surface area contributed by atoms with Crippen molar-refractivity contribution in [3.63, 3.8) is 0 Å². The summed E-state index contributed by atoms with van der Waals surface area (Å²) in [5.41, 5.74) is 7.96. The largest absolute Gasteiger partial charge is 0.384 e. The summed E-state index contributed by atoms with van der Waals surface area (Å²) in [5.74, 6) is 1.25. The lowest BCUT2D eigenvalue weighted by Crippen LogP contribution is -2.39. The molecule has 2 N–H and O–H groups in total. The minimum absolute atomic E-state index is 0.0678. The monoisotopic (exact) mass is 367 g/mol. The van der Waals surface area contributed by atoms with E-state index in [4.69, 9.17) is 10.5 Å². The molecule has 0 radical (unpaired) electrons. The van der Waals surface area contributed by atoms with Crippen molar-refractivity contribution in [1.82, 2.24) is 19.8 Å². The van der Waals surface area contributed by atoms with Crippen LogP contribution in [0.5, 0.6) is 0 Å². The third-order valence-corrected chi connectivity index (χ3v) is 5.43. The van der Waals surface area contributed by atoms with Crippen molar-refractivity contribution in [2.24, 2.45) is 0 Å². The molecule has 1 fully saturated rings. The number of hydrogen-bond acceptors (Lipinski definition) is 6. The minimum Gasteiger partial charge on any atom is -0.384 e. The van der Waals surface area contributed by atoms with Gasteiger partial charge in [0, 0.05) is 25.3 Å². The van der Waals surface area contributed by atoms with Gasteiger partial charge in [-0.15, -0.1) is 0 Å². The molecule has 0 aliphatic carbocycles. The molecule has 1 saturated heterocycles. The van der Waals surface area contributed by atoms with Gasteiger partial charge in [-0.05, 0) is 37.1 Å². The lowest BCUT2D eigenvalue weighted by molar-refractivity contribution is -0.144. The molecule has 27 heavy (non-hydrogen) atoms. The SMILES string of the molecule is CN(Cc1nccc(N)n1)[C@H]1CCN(C(=O)[C@H]2OCCc3ccccc32)C1. The average molecular weight is 367 g/mol. The Kier molecular flexibility index (Phi) is 5.05. The van der Waals surface area contributed by atoms with Gasteiger partial charge >= 0.3 is 0 Å². The maximum atomic E-state index is 13.1. The Balaban J connectivity index is 1.40. The van der Waals surface area contributed by atoms with Crippen LogP contribution in [-0.2, 0) is 22.5 Å². The van der Waals surface area contributed by atoms with E-state index in [2.05, 4.69) is 20.9 Å². The zero-order valence-electron chi connectivity index (χ0n) is 15.5. The highest BCUT2D eigenvalue weighted by Gasteiger charge is 2.35. The highest BCUT2D eigenvalue weighted by atomic mass is 16.5. The van der Waals surface area contributed by atoms with Crippen molar-refractivity contribution in [3.8, 4) is 0 Å². The molecule has 7 nitrogen and oxygen atoms in total. The summed E-state index contributed by atoms with van der Waals surface area (Å²) >= 11 is 0. The lowest BCUT2D eigenvalue weighted by Gasteiger charge is -2.29. The van der Waals surface area contributed by atoms with Crippen LogP contribution in [0, 0.1) is 0 Å². The van der Waals surface area contributed by atoms with Crippen LogP contribution in [0.1, 0.15) is 29.5 Å². The Morgan fingerprint density at radius 2 is 2.22 bits per heavy atom. The van der Waals surface area contributed by atoms with E-state index in [0.717, 1.165) is 24.9 Å². The second kappa shape index (κ2) is 7.62. The molecule has 2 aromatic rings. The van der Waals surface area contributed by atoms with Gasteiger partial charge < -0.3 is 15.4 Å². The summed E-state index contributed by atoms with van der Waals surface area (Å²) < 4.78 is 5.84. The number of likely N-dealkylation sites (N-methyl/N-ethyl adjacent to an activating group) is 1. The Morgan fingerprint density at radius 1 is 1.37 bits per heavy atom. The molecule has 3 heterocycles. The van der Waals surface area contributed by atoms with E-state index in [1.165, 1.54) is 5.56 Å². The smallest absolute Gasteiger partial charge is 0.256 e.